The van der Waals surface area contributed by atoms with Gasteiger partial charge in [0.15, 0.2) is 5.13 Å². The van der Waals surface area contributed by atoms with Gasteiger partial charge in [-0.3, -0.25) is 14.9 Å². The zero-order chi connectivity index (χ0) is 18.5. The maximum absolute atomic E-state index is 12.3. The number of nitrogens with zero attached hydrogens (tertiary/aromatic N) is 1. The molecule has 26 heavy (non-hydrogen) atoms. The topological polar surface area (TPSA) is 80.3 Å². The largest absolute Gasteiger partial charge is 0.497 e. The average Bonchev–Trinajstić information content (AvgIpc) is 3.29. The molecule has 2 N–H and O–H groups in total. The molecule has 0 radical (unpaired) electrons. The number of methoxy groups -OCH3 is 1. The van der Waals surface area contributed by atoms with E-state index in [0.29, 0.717) is 23.0 Å². The maximum atomic E-state index is 12.3. The van der Waals surface area contributed by atoms with Gasteiger partial charge in [0.25, 0.3) is 5.91 Å². The molecule has 1 aromatic carbocycles. The lowest BCUT2D eigenvalue weighted by Crippen LogP contribution is -2.17. The Kier molecular flexibility index (Phi) is 5.65. The van der Waals surface area contributed by atoms with E-state index in [1.54, 1.807) is 42.7 Å². The fraction of sp³-hybridized carbons (Fsp3) is 0.167. The van der Waals surface area contributed by atoms with Crippen molar-refractivity contribution >= 4 is 39.6 Å². The molecule has 0 saturated carbocycles. The van der Waals surface area contributed by atoms with Crippen molar-refractivity contribution in [1.82, 2.24) is 10.3 Å². The highest BCUT2D eigenvalue weighted by Gasteiger charge is 2.12. The van der Waals surface area contributed by atoms with Gasteiger partial charge < -0.3 is 10.1 Å². The van der Waals surface area contributed by atoms with Crippen molar-refractivity contribution in [3.8, 4) is 16.3 Å². The van der Waals surface area contributed by atoms with Crippen LogP contribution in [0.3, 0.4) is 0 Å². The standard InChI is InChI=1S/C18H17N3O3S2/c1-11(22)19-9-14-6-7-16(26-14)15-10-25-18(20-15)21-17(23)12-4-3-5-13(8-12)24-2/h3-8,10H,9H2,1-2H3,(H,19,22)(H,20,21,23). The predicted molar refractivity (Wildman–Crippen MR) is 104 cm³/mol. The quantitative estimate of drug-likeness (QED) is 0.675. The number of thiazole rings is 1. The highest BCUT2D eigenvalue weighted by molar-refractivity contribution is 7.17. The highest BCUT2D eigenvalue weighted by Crippen LogP contribution is 2.31. The second kappa shape index (κ2) is 8.11. The second-order valence-corrected chi connectivity index (χ2v) is 7.43. The van der Waals surface area contributed by atoms with E-state index in [1.165, 1.54) is 18.3 Å². The third-order valence-electron chi connectivity index (χ3n) is 3.48. The van der Waals surface area contributed by atoms with Crippen LogP contribution in [0.5, 0.6) is 5.75 Å². The summed E-state index contributed by atoms with van der Waals surface area (Å²) in [5.41, 5.74) is 1.31. The summed E-state index contributed by atoms with van der Waals surface area (Å²) < 4.78 is 5.14. The van der Waals surface area contributed by atoms with Gasteiger partial charge in [0, 0.05) is 22.7 Å². The smallest absolute Gasteiger partial charge is 0.257 e. The van der Waals surface area contributed by atoms with Crippen LogP contribution in [0.4, 0.5) is 5.13 Å². The lowest BCUT2D eigenvalue weighted by molar-refractivity contribution is -0.119. The molecule has 0 aliphatic heterocycles. The van der Waals surface area contributed by atoms with E-state index >= 15 is 0 Å². The number of anilines is 1. The first-order chi connectivity index (χ1) is 12.5. The molecule has 0 bridgehead atoms. The van der Waals surface area contributed by atoms with Gasteiger partial charge in [-0.15, -0.1) is 22.7 Å². The number of rotatable bonds is 6. The number of carbonyl (C=O) groups excluding carboxylic acids is 2. The summed E-state index contributed by atoms with van der Waals surface area (Å²) in [6.45, 7) is 2.00. The summed E-state index contributed by atoms with van der Waals surface area (Å²) in [6.07, 6.45) is 0. The SMILES string of the molecule is COc1cccc(C(=O)Nc2nc(-c3ccc(CNC(C)=O)s3)cs2)c1. The first-order valence-electron chi connectivity index (χ1n) is 7.79. The lowest BCUT2D eigenvalue weighted by atomic mass is 10.2. The number of hydrogen-bond donors (Lipinski definition) is 2. The zero-order valence-corrected chi connectivity index (χ0v) is 15.9. The van der Waals surface area contributed by atoms with E-state index in [2.05, 4.69) is 15.6 Å². The first kappa shape index (κ1) is 18.1. The van der Waals surface area contributed by atoms with Gasteiger partial charge in [-0.2, -0.15) is 0 Å². The van der Waals surface area contributed by atoms with E-state index in [9.17, 15) is 9.59 Å². The van der Waals surface area contributed by atoms with Crippen LogP contribution in [0.15, 0.2) is 41.8 Å². The molecule has 0 spiro atoms. The minimum Gasteiger partial charge on any atom is -0.497 e. The van der Waals surface area contributed by atoms with E-state index in [1.807, 2.05) is 17.5 Å². The lowest BCUT2D eigenvalue weighted by Gasteiger charge is -2.04. The molecule has 134 valence electrons. The van der Waals surface area contributed by atoms with E-state index < -0.39 is 0 Å². The summed E-state index contributed by atoms with van der Waals surface area (Å²) in [4.78, 5) is 29.8. The van der Waals surface area contributed by atoms with Gasteiger partial charge in [-0.05, 0) is 30.3 Å². The molecule has 0 aliphatic carbocycles. The molecular weight excluding hydrogens is 370 g/mol. The number of thiophene rings is 1. The van der Waals surface area contributed by atoms with Crippen LogP contribution >= 0.6 is 22.7 Å². The Bertz CT molecular complexity index is 933. The third kappa shape index (κ3) is 4.47. The van der Waals surface area contributed by atoms with Crippen molar-refractivity contribution in [2.45, 2.75) is 13.5 Å². The zero-order valence-electron chi connectivity index (χ0n) is 14.2. The van der Waals surface area contributed by atoms with Crippen molar-refractivity contribution in [2.75, 3.05) is 12.4 Å². The molecular formula is C18H17N3O3S2. The molecule has 6 nitrogen and oxygen atoms in total. The normalized spacial score (nSPS) is 10.4. The maximum Gasteiger partial charge on any atom is 0.257 e. The number of aromatic nitrogens is 1. The van der Waals surface area contributed by atoms with Gasteiger partial charge in [-0.25, -0.2) is 4.98 Å². The molecule has 3 rings (SSSR count). The fourth-order valence-electron chi connectivity index (χ4n) is 2.20. The Morgan fingerprint density at radius 1 is 1.23 bits per heavy atom. The average molecular weight is 387 g/mol. The van der Waals surface area contributed by atoms with E-state index in [-0.39, 0.29) is 11.8 Å². The van der Waals surface area contributed by atoms with Crippen LogP contribution in [0.1, 0.15) is 22.2 Å². The van der Waals surface area contributed by atoms with Crippen LogP contribution in [0, 0.1) is 0 Å². The summed E-state index contributed by atoms with van der Waals surface area (Å²) in [5, 5.41) is 8.01. The fourth-order valence-corrected chi connectivity index (χ4v) is 3.89. The second-order valence-electron chi connectivity index (χ2n) is 5.40. The van der Waals surface area contributed by atoms with Crippen molar-refractivity contribution in [1.29, 1.82) is 0 Å². The number of ether oxygens (including phenoxy) is 1. The molecule has 0 unspecified atom stereocenters. The minimum absolute atomic E-state index is 0.0591. The third-order valence-corrected chi connectivity index (χ3v) is 5.35. The molecule has 8 heteroatoms. The summed E-state index contributed by atoms with van der Waals surface area (Å²) in [5.74, 6) is 0.334. The molecule has 0 saturated heterocycles. The Morgan fingerprint density at radius 2 is 2.08 bits per heavy atom. The van der Waals surface area contributed by atoms with Crippen LogP contribution in [-0.4, -0.2) is 23.9 Å². The molecule has 0 fully saturated rings. The molecule has 2 aromatic heterocycles. The summed E-state index contributed by atoms with van der Waals surface area (Å²) in [6, 6.07) is 10.9. The minimum atomic E-state index is -0.234. The molecule has 2 amide bonds. The monoisotopic (exact) mass is 387 g/mol. The molecule has 2 heterocycles. The van der Waals surface area contributed by atoms with Crippen LogP contribution in [-0.2, 0) is 11.3 Å². The van der Waals surface area contributed by atoms with Crippen LogP contribution in [0.25, 0.3) is 10.6 Å². The predicted octanol–water partition coefficient (Wildman–Crippen LogP) is 3.77. The Hall–Kier alpha value is -2.71. The van der Waals surface area contributed by atoms with Crippen molar-refractivity contribution in [3.63, 3.8) is 0 Å². The number of nitrogens with one attached hydrogen (secondary N) is 2. The van der Waals surface area contributed by atoms with Gasteiger partial charge in [-0.1, -0.05) is 6.07 Å². The van der Waals surface area contributed by atoms with Crippen LogP contribution in [0.2, 0.25) is 0 Å². The number of amides is 2. The molecule has 0 atom stereocenters. The Labute approximate surface area is 158 Å². The summed E-state index contributed by atoms with van der Waals surface area (Å²) >= 11 is 2.93. The van der Waals surface area contributed by atoms with Crippen molar-refractivity contribution in [2.24, 2.45) is 0 Å². The van der Waals surface area contributed by atoms with Gasteiger partial charge in [0.1, 0.15) is 5.75 Å². The number of carbonyl (C=O) groups is 2. The van der Waals surface area contributed by atoms with E-state index in [0.717, 1.165) is 15.4 Å². The Balaban J connectivity index is 1.67. The van der Waals surface area contributed by atoms with Crippen molar-refractivity contribution in [3.05, 3.63) is 52.2 Å². The number of benzene rings is 1. The van der Waals surface area contributed by atoms with Gasteiger partial charge in [0.05, 0.1) is 24.2 Å². The van der Waals surface area contributed by atoms with Crippen molar-refractivity contribution < 1.29 is 14.3 Å². The Morgan fingerprint density at radius 3 is 2.85 bits per heavy atom. The molecule has 0 aliphatic rings. The van der Waals surface area contributed by atoms with Gasteiger partial charge >= 0.3 is 0 Å². The first-order valence-corrected chi connectivity index (χ1v) is 9.49. The number of hydrogen-bond acceptors (Lipinski definition) is 6. The van der Waals surface area contributed by atoms with Crippen LogP contribution < -0.4 is 15.4 Å². The molecule has 3 aromatic rings. The van der Waals surface area contributed by atoms with Gasteiger partial charge in [0.2, 0.25) is 5.91 Å². The highest BCUT2D eigenvalue weighted by atomic mass is 32.1. The van der Waals surface area contributed by atoms with E-state index in [4.69, 9.17) is 4.74 Å². The summed E-state index contributed by atoms with van der Waals surface area (Å²) in [7, 11) is 1.56.